The number of nitrogens with zero attached hydrogens (tertiary/aromatic N) is 1. The zero-order valence-electron chi connectivity index (χ0n) is 12.2. The molecule has 0 fully saturated rings. The SMILES string of the molecule is COc1ccccc1NC(=O)C(=O)NN=Cc1ccc(Br)cc1. The summed E-state index contributed by atoms with van der Waals surface area (Å²) >= 11 is 3.32. The Morgan fingerprint density at radius 3 is 2.48 bits per heavy atom. The molecular formula is C16H14BrN3O3. The predicted octanol–water partition coefficient (Wildman–Crippen LogP) is 2.55. The van der Waals surface area contributed by atoms with Gasteiger partial charge in [-0.3, -0.25) is 9.59 Å². The Hall–Kier alpha value is -2.67. The van der Waals surface area contributed by atoms with E-state index in [0.29, 0.717) is 11.4 Å². The van der Waals surface area contributed by atoms with Crippen molar-refractivity contribution >= 4 is 39.6 Å². The van der Waals surface area contributed by atoms with Crippen molar-refractivity contribution in [2.75, 3.05) is 12.4 Å². The minimum Gasteiger partial charge on any atom is -0.495 e. The van der Waals surface area contributed by atoms with Crippen LogP contribution in [0.15, 0.2) is 58.1 Å². The van der Waals surface area contributed by atoms with Gasteiger partial charge in [0.25, 0.3) is 0 Å². The molecule has 0 heterocycles. The average molecular weight is 376 g/mol. The Morgan fingerprint density at radius 1 is 1.09 bits per heavy atom. The van der Waals surface area contributed by atoms with Gasteiger partial charge < -0.3 is 10.1 Å². The van der Waals surface area contributed by atoms with Gasteiger partial charge in [0.15, 0.2) is 0 Å². The Morgan fingerprint density at radius 2 is 1.78 bits per heavy atom. The highest BCUT2D eigenvalue weighted by atomic mass is 79.9. The maximum absolute atomic E-state index is 11.8. The first-order valence-electron chi connectivity index (χ1n) is 6.63. The van der Waals surface area contributed by atoms with E-state index in [1.54, 1.807) is 24.3 Å². The number of halogens is 1. The molecule has 2 N–H and O–H groups in total. The van der Waals surface area contributed by atoms with Gasteiger partial charge in [0, 0.05) is 4.47 Å². The first-order valence-corrected chi connectivity index (χ1v) is 7.42. The minimum absolute atomic E-state index is 0.409. The van der Waals surface area contributed by atoms with Gasteiger partial charge in [0.2, 0.25) is 0 Å². The zero-order valence-corrected chi connectivity index (χ0v) is 13.8. The van der Waals surface area contributed by atoms with Gasteiger partial charge in [-0.15, -0.1) is 0 Å². The minimum atomic E-state index is -0.871. The van der Waals surface area contributed by atoms with Crippen LogP contribution in [-0.4, -0.2) is 25.1 Å². The molecule has 2 aromatic carbocycles. The van der Waals surface area contributed by atoms with Crippen molar-refractivity contribution in [2.24, 2.45) is 5.10 Å². The van der Waals surface area contributed by atoms with Crippen LogP contribution in [0.3, 0.4) is 0 Å². The van der Waals surface area contributed by atoms with Crippen molar-refractivity contribution in [1.29, 1.82) is 0 Å². The fourth-order valence-corrected chi connectivity index (χ4v) is 1.96. The highest BCUT2D eigenvalue weighted by Crippen LogP contribution is 2.22. The molecule has 118 valence electrons. The van der Waals surface area contributed by atoms with Crippen LogP contribution in [0.5, 0.6) is 5.75 Å². The number of hydrogen-bond donors (Lipinski definition) is 2. The lowest BCUT2D eigenvalue weighted by Gasteiger charge is -2.08. The second kappa shape index (κ2) is 8.09. The van der Waals surface area contributed by atoms with Crippen LogP contribution in [-0.2, 0) is 9.59 Å². The molecule has 0 spiro atoms. The third-order valence-corrected chi connectivity index (χ3v) is 3.34. The largest absolute Gasteiger partial charge is 0.495 e. The van der Waals surface area contributed by atoms with E-state index < -0.39 is 11.8 Å². The van der Waals surface area contributed by atoms with E-state index in [2.05, 4.69) is 31.8 Å². The number of nitrogens with one attached hydrogen (secondary N) is 2. The normalized spacial score (nSPS) is 10.3. The molecule has 23 heavy (non-hydrogen) atoms. The van der Waals surface area contributed by atoms with E-state index in [9.17, 15) is 9.59 Å². The molecule has 0 aromatic heterocycles. The topological polar surface area (TPSA) is 79.8 Å². The summed E-state index contributed by atoms with van der Waals surface area (Å²) in [6.07, 6.45) is 1.45. The van der Waals surface area contributed by atoms with Crippen LogP contribution < -0.4 is 15.5 Å². The number of anilines is 1. The number of para-hydroxylation sites is 2. The van der Waals surface area contributed by atoms with Crippen LogP contribution in [0.1, 0.15) is 5.56 Å². The first-order chi connectivity index (χ1) is 11.1. The Bertz CT molecular complexity index is 730. The van der Waals surface area contributed by atoms with E-state index in [4.69, 9.17) is 4.74 Å². The summed E-state index contributed by atoms with van der Waals surface area (Å²) < 4.78 is 6.03. The number of hydrogen-bond acceptors (Lipinski definition) is 4. The number of ether oxygens (including phenoxy) is 1. The van der Waals surface area contributed by atoms with Gasteiger partial charge in [-0.2, -0.15) is 5.10 Å². The summed E-state index contributed by atoms with van der Waals surface area (Å²) in [5.74, 6) is -1.24. The van der Waals surface area contributed by atoms with Gasteiger partial charge in [-0.1, -0.05) is 40.2 Å². The van der Waals surface area contributed by atoms with E-state index in [1.165, 1.54) is 13.3 Å². The van der Waals surface area contributed by atoms with Crippen molar-refractivity contribution in [2.45, 2.75) is 0 Å². The van der Waals surface area contributed by atoms with Crippen molar-refractivity contribution in [3.63, 3.8) is 0 Å². The number of hydrazone groups is 1. The van der Waals surface area contributed by atoms with Crippen LogP contribution >= 0.6 is 15.9 Å². The third-order valence-electron chi connectivity index (χ3n) is 2.81. The molecule has 0 radical (unpaired) electrons. The molecule has 0 atom stereocenters. The van der Waals surface area contributed by atoms with Gasteiger partial charge in [-0.25, -0.2) is 5.43 Å². The molecule has 0 aliphatic heterocycles. The molecular weight excluding hydrogens is 362 g/mol. The van der Waals surface area contributed by atoms with Crippen LogP contribution in [0.25, 0.3) is 0 Å². The standard InChI is InChI=1S/C16H14BrN3O3/c1-23-14-5-3-2-4-13(14)19-15(21)16(22)20-18-10-11-6-8-12(17)9-7-11/h2-10H,1H3,(H,19,21)(H,20,22). The lowest BCUT2D eigenvalue weighted by Crippen LogP contribution is -2.32. The summed E-state index contributed by atoms with van der Waals surface area (Å²) in [4.78, 5) is 23.5. The van der Waals surface area contributed by atoms with Crippen molar-refractivity contribution in [1.82, 2.24) is 5.43 Å². The Kier molecular flexibility index (Phi) is 5.87. The van der Waals surface area contributed by atoms with Crippen LogP contribution in [0.2, 0.25) is 0 Å². The molecule has 2 rings (SSSR count). The summed E-state index contributed by atoms with van der Waals surface area (Å²) in [5, 5.41) is 6.21. The first kappa shape index (κ1) is 16.7. The van der Waals surface area contributed by atoms with E-state index >= 15 is 0 Å². The summed E-state index contributed by atoms with van der Waals surface area (Å²) in [7, 11) is 1.48. The number of amides is 2. The quantitative estimate of drug-likeness (QED) is 0.489. The van der Waals surface area contributed by atoms with Crippen LogP contribution in [0, 0.1) is 0 Å². The number of benzene rings is 2. The number of carbonyl (C=O) groups is 2. The number of carbonyl (C=O) groups excluding carboxylic acids is 2. The monoisotopic (exact) mass is 375 g/mol. The Balaban J connectivity index is 1.92. The summed E-state index contributed by atoms with van der Waals surface area (Å²) in [5.41, 5.74) is 3.37. The average Bonchev–Trinajstić information content (AvgIpc) is 2.57. The van der Waals surface area contributed by atoms with E-state index in [1.807, 2.05) is 24.3 Å². The van der Waals surface area contributed by atoms with Gasteiger partial charge in [-0.05, 0) is 29.8 Å². The zero-order chi connectivity index (χ0) is 16.7. The molecule has 7 heteroatoms. The number of methoxy groups -OCH3 is 1. The fraction of sp³-hybridized carbons (Fsp3) is 0.0625. The molecule has 2 amide bonds. The molecule has 2 aromatic rings. The van der Waals surface area contributed by atoms with Crippen LogP contribution in [0.4, 0.5) is 5.69 Å². The molecule has 0 aliphatic rings. The third kappa shape index (κ3) is 4.93. The second-order valence-electron chi connectivity index (χ2n) is 4.41. The van der Waals surface area contributed by atoms with E-state index in [-0.39, 0.29) is 0 Å². The van der Waals surface area contributed by atoms with Gasteiger partial charge >= 0.3 is 11.8 Å². The number of rotatable bonds is 4. The fourth-order valence-electron chi connectivity index (χ4n) is 1.69. The smallest absolute Gasteiger partial charge is 0.329 e. The Labute approximate surface area is 141 Å². The molecule has 0 aliphatic carbocycles. The van der Waals surface area contributed by atoms with Crippen molar-refractivity contribution in [3.05, 3.63) is 58.6 Å². The van der Waals surface area contributed by atoms with Gasteiger partial charge in [0.1, 0.15) is 5.75 Å². The second-order valence-corrected chi connectivity index (χ2v) is 5.32. The van der Waals surface area contributed by atoms with Gasteiger partial charge in [0.05, 0.1) is 19.0 Å². The van der Waals surface area contributed by atoms with Crippen molar-refractivity contribution < 1.29 is 14.3 Å². The lowest BCUT2D eigenvalue weighted by atomic mass is 10.2. The summed E-state index contributed by atoms with van der Waals surface area (Å²) in [6, 6.07) is 14.1. The summed E-state index contributed by atoms with van der Waals surface area (Å²) in [6.45, 7) is 0. The molecule has 0 saturated heterocycles. The highest BCUT2D eigenvalue weighted by Gasteiger charge is 2.14. The molecule has 0 unspecified atom stereocenters. The van der Waals surface area contributed by atoms with E-state index in [0.717, 1.165) is 10.0 Å². The maximum atomic E-state index is 11.8. The lowest BCUT2D eigenvalue weighted by molar-refractivity contribution is -0.136. The molecule has 0 bridgehead atoms. The molecule has 0 saturated carbocycles. The highest BCUT2D eigenvalue weighted by molar-refractivity contribution is 9.10. The predicted molar refractivity (Wildman–Crippen MR) is 91.5 cm³/mol. The molecule has 6 nitrogen and oxygen atoms in total. The van der Waals surface area contributed by atoms with Crippen molar-refractivity contribution in [3.8, 4) is 5.75 Å². The maximum Gasteiger partial charge on any atom is 0.329 e.